The van der Waals surface area contributed by atoms with Crippen LogP contribution in [0.15, 0.2) is 49.3 Å². The van der Waals surface area contributed by atoms with Crippen molar-refractivity contribution in [1.82, 2.24) is 20.3 Å². The van der Waals surface area contributed by atoms with Gasteiger partial charge >= 0.3 is 6.09 Å². The number of benzene rings is 1. The number of rotatable bonds is 10. The number of hydrogen-bond donors (Lipinski definition) is 2. The Bertz CT molecular complexity index is 1500. The Morgan fingerprint density at radius 2 is 1.93 bits per heavy atom. The number of halogens is 2. The highest BCUT2D eigenvalue weighted by molar-refractivity contribution is 6.43. The number of nitrogens with one attached hydrogen (secondary N) is 2. The number of pyridine rings is 1. The van der Waals surface area contributed by atoms with Crippen LogP contribution in [0.5, 0.6) is 0 Å². The van der Waals surface area contributed by atoms with Crippen LogP contribution in [0, 0.1) is 17.7 Å². The lowest BCUT2D eigenvalue weighted by molar-refractivity contribution is 0.0432. The molecule has 9 heteroatoms. The molecule has 0 bridgehead atoms. The Hall–Kier alpha value is -3.29. The van der Waals surface area contributed by atoms with Gasteiger partial charge in [0.05, 0.1) is 34.4 Å². The second kappa shape index (κ2) is 12.9. The zero-order valence-corrected chi connectivity index (χ0v) is 26.5. The van der Waals surface area contributed by atoms with E-state index in [0.717, 1.165) is 44.1 Å². The first-order valence-electron chi connectivity index (χ1n) is 14.3. The topological polar surface area (TPSA) is 101 Å². The van der Waals surface area contributed by atoms with Crippen molar-refractivity contribution in [2.24, 2.45) is 5.41 Å². The van der Waals surface area contributed by atoms with Gasteiger partial charge in [0.15, 0.2) is 0 Å². The molecule has 0 saturated carbocycles. The highest BCUT2D eigenvalue weighted by Gasteiger charge is 2.46. The van der Waals surface area contributed by atoms with Crippen molar-refractivity contribution in [2.45, 2.75) is 84.8 Å². The molecule has 42 heavy (non-hydrogen) atoms. The van der Waals surface area contributed by atoms with Crippen LogP contribution in [0.25, 0.3) is 5.57 Å². The number of fused-ring (bicyclic) bond motifs is 1. The first-order valence-corrected chi connectivity index (χ1v) is 15.1. The summed E-state index contributed by atoms with van der Waals surface area (Å²) in [6.45, 7) is 14.0. The summed E-state index contributed by atoms with van der Waals surface area (Å²) in [7, 11) is 0. The van der Waals surface area contributed by atoms with Gasteiger partial charge in [0.2, 0.25) is 0 Å². The molecule has 0 spiro atoms. The molecule has 7 nitrogen and oxygen atoms in total. The number of carbonyl (C=O) groups excluding carboxylic acids is 1. The molecule has 2 N–H and O–H groups in total. The lowest BCUT2D eigenvalue weighted by atomic mass is 9.73. The largest absolute Gasteiger partial charge is 0.444 e. The van der Waals surface area contributed by atoms with Crippen LogP contribution in [0.2, 0.25) is 10.2 Å². The van der Waals surface area contributed by atoms with E-state index < -0.39 is 5.60 Å². The first-order chi connectivity index (χ1) is 19.8. The third-order valence-corrected chi connectivity index (χ3v) is 8.51. The molecule has 222 valence electrons. The van der Waals surface area contributed by atoms with Gasteiger partial charge in [0.25, 0.3) is 0 Å². The van der Waals surface area contributed by atoms with Crippen LogP contribution in [-0.4, -0.2) is 32.4 Å². The summed E-state index contributed by atoms with van der Waals surface area (Å²) in [5, 5.41) is 12.2. The monoisotopic (exact) mass is 607 g/mol. The van der Waals surface area contributed by atoms with Crippen LogP contribution in [0.3, 0.4) is 0 Å². The lowest BCUT2D eigenvalue weighted by Crippen LogP contribution is -2.41. The molecule has 1 aromatic carbocycles. The smallest absolute Gasteiger partial charge is 0.408 e. The Morgan fingerprint density at radius 1 is 1.19 bits per heavy atom. The van der Waals surface area contributed by atoms with Crippen molar-refractivity contribution in [2.75, 3.05) is 0 Å². The first kappa shape index (κ1) is 31.6. The molecule has 0 aliphatic heterocycles. The number of hydrogen-bond acceptors (Lipinski definition) is 6. The fraction of sp³-hybridized carbons (Fsp3) is 0.424. The van der Waals surface area contributed by atoms with E-state index in [1.54, 1.807) is 12.3 Å². The maximum Gasteiger partial charge on any atom is 0.408 e. The fourth-order valence-corrected chi connectivity index (χ4v) is 6.32. The summed E-state index contributed by atoms with van der Waals surface area (Å²) in [6, 6.07) is 9.90. The minimum Gasteiger partial charge on any atom is -0.444 e. The van der Waals surface area contributed by atoms with Crippen LogP contribution >= 0.6 is 23.2 Å². The summed E-state index contributed by atoms with van der Waals surface area (Å²) in [6.07, 6.45) is 8.20. The zero-order chi connectivity index (χ0) is 30.7. The Morgan fingerprint density at radius 3 is 2.62 bits per heavy atom. The second-order valence-corrected chi connectivity index (χ2v) is 12.8. The molecule has 0 fully saturated rings. The van der Waals surface area contributed by atoms with E-state index in [4.69, 9.17) is 38.3 Å². The SMILES string of the molecule is C=C(CCCC1(CCC)Cc2ccccc2[C@H]1NC(=O)OC(C)(C)C)c1cnc(C(=N)c2ccnc(Cl)c2Cl)c(C)n1. The maximum atomic E-state index is 12.9. The normalized spacial score (nSPS) is 17.9. The molecule has 1 unspecified atom stereocenters. The van der Waals surface area contributed by atoms with E-state index in [1.165, 1.54) is 17.3 Å². The molecular weight excluding hydrogens is 569 g/mol. The quantitative estimate of drug-likeness (QED) is 0.177. The lowest BCUT2D eigenvalue weighted by Gasteiger charge is -2.37. The predicted octanol–water partition coefficient (Wildman–Crippen LogP) is 8.70. The van der Waals surface area contributed by atoms with Crippen molar-refractivity contribution in [3.63, 3.8) is 0 Å². The predicted molar refractivity (Wildman–Crippen MR) is 169 cm³/mol. The summed E-state index contributed by atoms with van der Waals surface area (Å²) in [5.41, 5.74) is 4.96. The molecule has 1 amide bonds. The zero-order valence-electron chi connectivity index (χ0n) is 25.0. The third kappa shape index (κ3) is 7.01. The standard InChI is InChI=1S/C33H39Cl2N5O2/c1-7-15-33(18-22-12-8-9-13-23(22)29(33)40-31(41)42-32(4,5)6)16-10-11-20(2)25-19-38-28(21(3)39-25)27(36)24-14-17-37-30(35)26(24)34/h8-9,12-14,17,19,29,36H,2,7,10-11,15-16,18H2,1,3-6H3,(H,40,41)/t29-,33?/m1/s1. The summed E-state index contributed by atoms with van der Waals surface area (Å²) in [4.78, 5) is 26.2. The Balaban J connectivity index is 1.48. The molecule has 4 rings (SSSR count). The minimum atomic E-state index is -0.571. The average molecular weight is 609 g/mol. The molecule has 1 aliphatic rings. The number of aryl methyl sites for hydroxylation is 1. The van der Waals surface area contributed by atoms with Crippen molar-refractivity contribution < 1.29 is 9.53 Å². The maximum absolute atomic E-state index is 12.9. The van der Waals surface area contributed by atoms with Gasteiger partial charge in [-0.2, -0.15) is 0 Å². The Kier molecular flexibility index (Phi) is 9.74. The van der Waals surface area contributed by atoms with Gasteiger partial charge in [-0.15, -0.1) is 0 Å². The highest BCUT2D eigenvalue weighted by Crippen LogP contribution is 2.52. The number of carbonyl (C=O) groups is 1. The molecule has 2 heterocycles. The van der Waals surface area contributed by atoms with E-state index in [2.05, 4.69) is 47.0 Å². The molecular formula is C33H39Cl2N5O2. The molecule has 2 aromatic heterocycles. The summed E-state index contributed by atoms with van der Waals surface area (Å²) in [5.74, 6) is 0. The number of amides is 1. The van der Waals surface area contributed by atoms with Crippen LogP contribution in [0.4, 0.5) is 4.79 Å². The summed E-state index contributed by atoms with van der Waals surface area (Å²) >= 11 is 12.3. The third-order valence-electron chi connectivity index (χ3n) is 7.75. The number of aromatic nitrogens is 3. The van der Waals surface area contributed by atoms with Gasteiger partial charge in [-0.1, -0.05) is 67.4 Å². The van der Waals surface area contributed by atoms with Crippen LogP contribution in [-0.2, 0) is 11.2 Å². The molecule has 2 atom stereocenters. The summed E-state index contributed by atoms with van der Waals surface area (Å²) < 4.78 is 5.65. The van der Waals surface area contributed by atoms with Gasteiger partial charge in [0.1, 0.15) is 16.4 Å². The number of allylic oxidation sites excluding steroid dienone is 1. The Labute approximate surface area is 258 Å². The van der Waals surface area contributed by atoms with E-state index in [9.17, 15) is 4.79 Å². The van der Waals surface area contributed by atoms with E-state index >= 15 is 0 Å². The minimum absolute atomic E-state index is 0.124. The van der Waals surface area contributed by atoms with Gasteiger partial charge in [0, 0.05) is 11.8 Å². The number of ether oxygens (including phenoxy) is 1. The molecule has 3 aromatic rings. The fourth-order valence-electron chi connectivity index (χ4n) is 5.95. The molecule has 0 radical (unpaired) electrons. The van der Waals surface area contributed by atoms with E-state index in [-0.39, 0.29) is 33.4 Å². The number of alkyl carbamates (subject to hydrolysis) is 1. The van der Waals surface area contributed by atoms with Crippen LogP contribution < -0.4 is 5.32 Å². The van der Waals surface area contributed by atoms with Crippen molar-refractivity contribution in [1.29, 1.82) is 5.41 Å². The van der Waals surface area contributed by atoms with E-state index in [0.29, 0.717) is 22.6 Å². The van der Waals surface area contributed by atoms with Gasteiger partial charge in [-0.25, -0.2) is 14.8 Å². The molecule has 1 aliphatic carbocycles. The van der Waals surface area contributed by atoms with E-state index in [1.807, 2.05) is 33.8 Å². The average Bonchev–Trinajstić information content (AvgIpc) is 3.21. The van der Waals surface area contributed by atoms with Gasteiger partial charge in [-0.3, -0.25) is 10.4 Å². The van der Waals surface area contributed by atoms with Crippen molar-refractivity contribution >= 4 is 40.6 Å². The van der Waals surface area contributed by atoms with Crippen LogP contribution in [0.1, 0.15) is 99.6 Å². The van der Waals surface area contributed by atoms with Crippen molar-refractivity contribution in [3.05, 3.63) is 93.3 Å². The number of nitrogens with zero attached hydrogens (tertiary/aromatic N) is 3. The molecule has 0 saturated heterocycles. The van der Waals surface area contributed by atoms with Gasteiger partial charge in [-0.05, 0) is 88.0 Å². The second-order valence-electron chi connectivity index (χ2n) is 12.1. The van der Waals surface area contributed by atoms with Gasteiger partial charge < -0.3 is 10.1 Å². The highest BCUT2D eigenvalue weighted by atomic mass is 35.5. The van der Waals surface area contributed by atoms with Crippen molar-refractivity contribution in [3.8, 4) is 0 Å².